The van der Waals surface area contributed by atoms with Crippen molar-refractivity contribution in [3.8, 4) is 0 Å². The SMILES string of the molecule is O=[N+]([O-])c1cccc([C@@H]2NCCS2)c1. The fourth-order valence-electron chi connectivity index (χ4n) is 1.44. The van der Waals surface area contributed by atoms with Crippen molar-refractivity contribution in [3.05, 3.63) is 39.9 Å². The number of nitro benzene ring substituents is 1. The number of hydrogen-bond acceptors (Lipinski definition) is 4. The van der Waals surface area contributed by atoms with Gasteiger partial charge in [-0.15, -0.1) is 11.8 Å². The molecule has 0 amide bonds. The molecule has 1 saturated heterocycles. The molecule has 14 heavy (non-hydrogen) atoms. The molecule has 0 unspecified atom stereocenters. The van der Waals surface area contributed by atoms with Gasteiger partial charge < -0.3 is 5.32 Å². The van der Waals surface area contributed by atoms with Gasteiger partial charge >= 0.3 is 0 Å². The van der Waals surface area contributed by atoms with Crippen molar-refractivity contribution in [1.82, 2.24) is 5.32 Å². The summed E-state index contributed by atoms with van der Waals surface area (Å²) < 4.78 is 0. The molecule has 1 fully saturated rings. The Labute approximate surface area is 85.8 Å². The van der Waals surface area contributed by atoms with Crippen LogP contribution in [0, 0.1) is 10.1 Å². The molecular formula is C9H10N2O2S. The molecule has 0 aromatic heterocycles. The van der Waals surface area contributed by atoms with Crippen LogP contribution in [0.15, 0.2) is 24.3 Å². The second-order valence-electron chi connectivity index (χ2n) is 3.06. The van der Waals surface area contributed by atoms with Gasteiger partial charge in [0, 0.05) is 24.4 Å². The van der Waals surface area contributed by atoms with E-state index in [0.29, 0.717) is 0 Å². The van der Waals surface area contributed by atoms with Crippen molar-refractivity contribution in [2.75, 3.05) is 12.3 Å². The summed E-state index contributed by atoms with van der Waals surface area (Å²) in [6.45, 7) is 0.970. The first-order chi connectivity index (χ1) is 6.77. The van der Waals surface area contributed by atoms with Gasteiger partial charge in [0.05, 0.1) is 10.3 Å². The molecule has 74 valence electrons. The van der Waals surface area contributed by atoms with Crippen molar-refractivity contribution < 1.29 is 4.92 Å². The number of thioether (sulfide) groups is 1. The molecule has 1 aromatic rings. The summed E-state index contributed by atoms with van der Waals surface area (Å²) in [5.41, 5.74) is 1.15. The molecule has 1 atom stereocenters. The zero-order valence-corrected chi connectivity index (χ0v) is 8.29. The van der Waals surface area contributed by atoms with Gasteiger partial charge in [0.1, 0.15) is 0 Å². The van der Waals surface area contributed by atoms with E-state index in [1.807, 2.05) is 6.07 Å². The van der Waals surface area contributed by atoms with Crippen LogP contribution < -0.4 is 5.32 Å². The molecule has 1 heterocycles. The standard InChI is InChI=1S/C9H10N2O2S/c12-11(13)8-3-1-2-7(6-8)9-10-4-5-14-9/h1-3,6,9-10H,4-5H2/t9-/m1/s1. The topological polar surface area (TPSA) is 55.2 Å². The first kappa shape index (κ1) is 9.48. The van der Waals surface area contributed by atoms with E-state index in [4.69, 9.17) is 0 Å². The summed E-state index contributed by atoms with van der Waals surface area (Å²) in [6.07, 6.45) is 0. The Hall–Kier alpha value is -1.07. The van der Waals surface area contributed by atoms with E-state index in [1.165, 1.54) is 6.07 Å². The van der Waals surface area contributed by atoms with Gasteiger partial charge in [-0.25, -0.2) is 0 Å². The maximum atomic E-state index is 10.5. The lowest BCUT2D eigenvalue weighted by atomic mass is 10.2. The zero-order chi connectivity index (χ0) is 9.97. The van der Waals surface area contributed by atoms with E-state index < -0.39 is 0 Å². The highest BCUT2D eigenvalue weighted by atomic mass is 32.2. The number of benzene rings is 1. The lowest BCUT2D eigenvalue weighted by molar-refractivity contribution is -0.384. The zero-order valence-electron chi connectivity index (χ0n) is 7.47. The molecule has 1 N–H and O–H groups in total. The van der Waals surface area contributed by atoms with Gasteiger partial charge in [-0.2, -0.15) is 0 Å². The van der Waals surface area contributed by atoms with Crippen LogP contribution >= 0.6 is 11.8 Å². The summed E-state index contributed by atoms with van der Waals surface area (Å²) >= 11 is 1.78. The van der Waals surface area contributed by atoms with E-state index >= 15 is 0 Å². The van der Waals surface area contributed by atoms with E-state index in [0.717, 1.165) is 17.9 Å². The van der Waals surface area contributed by atoms with Crippen LogP contribution in [0.3, 0.4) is 0 Å². The van der Waals surface area contributed by atoms with Crippen LogP contribution in [-0.4, -0.2) is 17.2 Å². The molecule has 4 nitrogen and oxygen atoms in total. The summed E-state index contributed by atoms with van der Waals surface area (Å²) in [6, 6.07) is 6.80. The molecule has 5 heteroatoms. The van der Waals surface area contributed by atoms with Gasteiger partial charge in [-0.3, -0.25) is 10.1 Å². The molecular weight excluding hydrogens is 200 g/mol. The predicted molar refractivity (Wildman–Crippen MR) is 56.3 cm³/mol. The normalized spacial score (nSPS) is 21.0. The van der Waals surface area contributed by atoms with Crippen LogP contribution in [0.5, 0.6) is 0 Å². The van der Waals surface area contributed by atoms with Crippen molar-refractivity contribution in [2.24, 2.45) is 0 Å². The summed E-state index contributed by atoms with van der Waals surface area (Å²) in [5, 5.41) is 14.0. The highest BCUT2D eigenvalue weighted by molar-refractivity contribution is 7.99. The molecule has 1 aromatic carbocycles. The van der Waals surface area contributed by atoms with Crippen molar-refractivity contribution in [3.63, 3.8) is 0 Å². The Bertz CT molecular complexity index is 350. The average Bonchev–Trinajstić information content (AvgIpc) is 2.71. The molecule has 0 saturated carbocycles. The fraction of sp³-hybridized carbons (Fsp3) is 0.333. The lowest BCUT2D eigenvalue weighted by Gasteiger charge is -2.08. The minimum absolute atomic E-state index is 0.164. The lowest BCUT2D eigenvalue weighted by Crippen LogP contribution is -2.11. The van der Waals surface area contributed by atoms with Gasteiger partial charge in [-0.1, -0.05) is 12.1 Å². The molecule has 1 aliphatic rings. The first-order valence-corrected chi connectivity index (χ1v) is 5.41. The average molecular weight is 210 g/mol. The second-order valence-corrected chi connectivity index (χ2v) is 4.27. The highest BCUT2D eigenvalue weighted by Crippen LogP contribution is 2.31. The van der Waals surface area contributed by atoms with Crippen LogP contribution in [0.2, 0.25) is 0 Å². The van der Waals surface area contributed by atoms with Crippen molar-refractivity contribution in [2.45, 2.75) is 5.37 Å². The smallest absolute Gasteiger partial charge is 0.269 e. The Balaban J connectivity index is 2.25. The molecule has 0 aliphatic carbocycles. The largest absolute Gasteiger partial charge is 0.301 e. The van der Waals surface area contributed by atoms with E-state index in [2.05, 4.69) is 5.32 Å². The van der Waals surface area contributed by atoms with Gasteiger partial charge in [0.15, 0.2) is 0 Å². The Morgan fingerprint density at radius 3 is 3.07 bits per heavy atom. The van der Waals surface area contributed by atoms with Crippen LogP contribution in [-0.2, 0) is 0 Å². The predicted octanol–water partition coefficient (Wildman–Crippen LogP) is 1.93. The Kier molecular flexibility index (Phi) is 2.69. The highest BCUT2D eigenvalue weighted by Gasteiger charge is 2.18. The molecule has 0 radical (unpaired) electrons. The third-order valence-corrected chi connectivity index (χ3v) is 3.31. The number of rotatable bonds is 2. The van der Waals surface area contributed by atoms with E-state index in [1.54, 1.807) is 23.9 Å². The van der Waals surface area contributed by atoms with E-state index in [-0.39, 0.29) is 16.0 Å². The quantitative estimate of drug-likeness (QED) is 0.598. The molecule has 2 rings (SSSR count). The maximum Gasteiger partial charge on any atom is 0.269 e. The molecule has 0 bridgehead atoms. The van der Waals surface area contributed by atoms with Crippen molar-refractivity contribution >= 4 is 17.4 Å². The third kappa shape index (κ3) is 1.88. The van der Waals surface area contributed by atoms with Gasteiger partial charge in [0.25, 0.3) is 5.69 Å². The summed E-state index contributed by atoms with van der Waals surface area (Å²) in [7, 11) is 0. The van der Waals surface area contributed by atoms with Gasteiger partial charge in [-0.05, 0) is 5.56 Å². The number of nitrogens with one attached hydrogen (secondary N) is 1. The Morgan fingerprint density at radius 1 is 1.57 bits per heavy atom. The second kappa shape index (κ2) is 3.98. The summed E-state index contributed by atoms with van der Waals surface area (Å²) in [4.78, 5) is 10.2. The minimum atomic E-state index is -0.358. The van der Waals surface area contributed by atoms with Crippen LogP contribution in [0.25, 0.3) is 0 Å². The minimum Gasteiger partial charge on any atom is -0.301 e. The fourth-order valence-corrected chi connectivity index (χ4v) is 2.49. The molecule has 0 spiro atoms. The van der Waals surface area contributed by atoms with E-state index in [9.17, 15) is 10.1 Å². The Morgan fingerprint density at radius 2 is 2.43 bits per heavy atom. The van der Waals surface area contributed by atoms with Crippen molar-refractivity contribution in [1.29, 1.82) is 0 Å². The summed E-state index contributed by atoms with van der Waals surface area (Å²) in [5.74, 6) is 1.06. The maximum absolute atomic E-state index is 10.5. The van der Waals surface area contributed by atoms with Crippen LogP contribution in [0.4, 0.5) is 5.69 Å². The third-order valence-electron chi connectivity index (χ3n) is 2.10. The number of non-ortho nitro benzene ring substituents is 1. The van der Waals surface area contributed by atoms with Crippen LogP contribution in [0.1, 0.15) is 10.9 Å². The number of nitro groups is 1. The van der Waals surface area contributed by atoms with Gasteiger partial charge in [0.2, 0.25) is 0 Å². The first-order valence-electron chi connectivity index (χ1n) is 4.37. The number of hydrogen-bond donors (Lipinski definition) is 1. The molecule has 1 aliphatic heterocycles. The monoisotopic (exact) mass is 210 g/mol. The number of nitrogens with zero attached hydrogens (tertiary/aromatic N) is 1.